The molecular formula is C18H22N4O3. The van der Waals surface area contributed by atoms with Crippen molar-refractivity contribution >= 4 is 11.8 Å². The van der Waals surface area contributed by atoms with Crippen LogP contribution in [0.5, 0.6) is 0 Å². The van der Waals surface area contributed by atoms with Gasteiger partial charge in [-0.1, -0.05) is 37.3 Å². The Balaban J connectivity index is 2.20. The average molecular weight is 342 g/mol. The van der Waals surface area contributed by atoms with Gasteiger partial charge in [0.2, 0.25) is 11.8 Å². The minimum Gasteiger partial charge on any atom is -0.357 e. The number of carbonyl (C=O) groups excluding carboxylic acids is 2. The second-order valence-electron chi connectivity index (χ2n) is 5.63. The molecular weight excluding hydrogens is 320 g/mol. The summed E-state index contributed by atoms with van der Waals surface area (Å²) in [5, 5.41) is 5.22. The summed E-state index contributed by atoms with van der Waals surface area (Å²) in [7, 11) is 1.51. The number of nitrogens with zero attached hydrogens (tertiary/aromatic N) is 1. The van der Waals surface area contributed by atoms with Crippen molar-refractivity contribution in [3.8, 4) is 0 Å². The Morgan fingerprint density at radius 2 is 1.92 bits per heavy atom. The van der Waals surface area contributed by atoms with Crippen LogP contribution in [0.1, 0.15) is 35.6 Å². The second-order valence-corrected chi connectivity index (χ2v) is 5.63. The Kier molecular flexibility index (Phi) is 6.05. The second kappa shape index (κ2) is 8.23. The first-order chi connectivity index (χ1) is 12.0. The molecule has 0 unspecified atom stereocenters. The molecule has 132 valence electrons. The van der Waals surface area contributed by atoms with Crippen LogP contribution in [0.3, 0.4) is 0 Å². The number of aromatic amines is 1. The third kappa shape index (κ3) is 4.53. The highest BCUT2D eigenvalue weighted by Crippen LogP contribution is 2.13. The van der Waals surface area contributed by atoms with Crippen LogP contribution in [0.25, 0.3) is 0 Å². The molecule has 7 nitrogen and oxygen atoms in total. The summed E-state index contributed by atoms with van der Waals surface area (Å²) < 4.78 is 0. The first-order valence-corrected chi connectivity index (χ1v) is 8.10. The fourth-order valence-corrected chi connectivity index (χ4v) is 2.51. The maximum absolute atomic E-state index is 12.4. The number of rotatable bonds is 6. The summed E-state index contributed by atoms with van der Waals surface area (Å²) in [4.78, 5) is 43.6. The standard InChI is InChI=1S/C18H22N4O3/c1-4-14-20-11(2)13(17(24)21-14)10-15(23)22-16(18(25)19-3)12-8-6-5-7-9-12/h5-9,16H,4,10H2,1-3H3,(H,19,25)(H,22,23)(H,20,21,24)/t16-/m1/s1. The van der Waals surface area contributed by atoms with Gasteiger partial charge in [-0.15, -0.1) is 0 Å². The minimum absolute atomic E-state index is 0.140. The van der Waals surface area contributed by atoms with E-state index in [2.05, 4.69) is 20.6 Å². The van der Waals surface area contributed by atoms with Gasteiger partial charge in [0.1, 0.15) is 11.9 Å². The van der Waals surface area contributed by atoms with Gasteiger partial charge in [-0.3, -0.25) is 14.4 Å². The monoisotopic (exact) mass is 342 g/mol. The van der Waals surface area contributed by atoms with Gasteiger partial charge in [0.15, 0.2) is 0 Å². The van der Waals surface area contributed by atoms with Gasteiger partial charge in [-0.05, 0) is 12.5 Å². The molecule has 2 aromatic rings. The predicted molar refractivity (Wildman–Crippen MR) is 94.1 cm³/mol. The fraction of sp³-hybridized carbons (Fsp3) is 0.333. The number of aromatic nitrogens is 2. The van der Waals surface area contributed by atoms with E-state index in [1.54, 1.807) is 31.2 Å². The van der Waals surface area contributed by atoms with Crippen molar-refractivity contribution < 1.29 is 9.59 Å². The highest BCUT2D eigenvalue weighted by atomic mass is 16.2. The zero-order valence-corrected chi connectivity index (χ0v) is 14.6. The number of hydrogen-bond donors (Lipinski definition) is 3. The average Bonchev–Trinajstić information content (AvgIpc) is 2.62. The van der Waals surface area contributed by atoms with E-state index in [1.165, 1.54) is 7.05 Å². The van der Waals surface area contributed by atoms with Gasteiger partial charge in [0.05, 0.1) is 6.42 Å². The van der Waals surface area contributed by atoms with Gasteiger partial charge in [0.25, 0.3) is 5.56 Å². The molecule has 1 atom stereocenters. The Hall–Kier alpha value is -2.96. The maximum Gasteiger partial charge on any atom is 0.254 e. The van der Waals surface area contributed by atoms with E-state index in [1.807, 2.05) is 13.0 Å². The number of hydrogen-bond acceptors (Lipinski definition) is 4. The van der Waals surface area contributed by atoms with E-state index in [9.17, 15) is 14.4 Å². The molecule has 0 radical (unpaired) electrons. The molecule has 1 heterocycles. The normalized spacial score (nSPS) is 11.6. The van der Waals surface area contributed by atoms with E-state index in [0.29, 0.717) is 29.1 Å². The maximum atomic E-state index is 12.4. The minimum atomic E-state index is -0.819. The van der Waals surface area contributed by atoms with Crippen molar-refractivity contribution in [3.63, 3.8) is 0 Å². The van der Waals surface area contributed by atoms with Crippen molar-refractivity contribution in [1.82, 2.24) is 20.6 Å². The third-order valence-electron chi connectivity index (χ3n) is 3.89. The summed E-state index contributed by atoms with van der Waals surface area (Å²) in [6.45, 7) is 3.59. The Morgan fingerprint density at radius 3 is 2.48 bits per heavy atom. The van der Waals surface area contributed by atoms with E-state index in [0.717, 1.165) is 0 Å². The SMILES string of the molecule is CCc1nc(C)c(CC(=O)N[C@@H](C(=O)NC)c2ccccc2)c(=O)[nH]1. The smallest absolute Gasteiger partial charge is 0.254 e. The molecule has 0 saturated carbocycles. The largest absolute Gasteiger partial charge is 0.357 e. The number of H-pyrrole nitrogens is 1. The number of likely N-dealkylation sites (N-methyl/N-ethyl adjacent to an activating group) is 1. The number of nitrogens with one attached hydrogen (secondary N) is 3. The van der Waals surface area contributed by atoms with Crippen molar-refractivity contribution in [3.05, 3.63) is 63.3 Å². The van der Waals surface area contributed by atoms with Crippen LogP contribution < -0.4 is 16.2 Å². The lowest BCUT2D eigenvalue weighted by atomic mass is 10.1. The zero-order valence-electron chi connectivity index (χ0n) is 14.6. The first kappa shape index (κ1) is 18.4. The molecule has 3 N–H and O–H groups in total. The molecule has 0 spiro atoms. The van der Waals surface area contributed by atoms with Crippen LogP contribution in [0.2, 0.25) is 0 Å². The Bertz CT molecular complexity index is 815. The van der Waals surface area contributed by atoms with Crippen LogP contribution in [0.4, 0.5) is 0 Å². The van der Waals surface area contributed by atoms with Crippen molar-refractivity contribution in [2.24, 2.45) is 0 Å². The molecule has 0 bridgehead atoms. The number of carbonyl (C=O) groups is 2. The molecule has 25 heavy (non-hydrogen) atoms. The van der Waals surface area contributed by atoms with Crippen LogP contribution in [0, 0.1) is 6.92 Å². The summed E-state index contributed by atoms with van der Waals surface area (Å²) >= 11 is 0. The highest BCUT2D eigenvalue weighted by molar-refractivity contribution is 5.89. The summed E-state index contributed by atoms with van der Waals surface area (Å²) in [6, 6.07) is 8.11. The van der Waals surface area contributed by atoms with E-state index < -0.39 is 11.9 Å². The molecule has 2 amide bonds. The van der Waals surface area contributed by atoms with Crippen molar-refractivity contribution in [2.45, 2.75) is 32.7 Å². The van der Waals surface area contributed by atoms with Gasteiger partial charge < -0.3 is 15.6 Å². The van der Waals surface area contributed by atoms with E-state index in [4.69, 9.17) is 0 Å². The summed E-state index contributed by atoms with van der Waals surface area (Å²) in [6.07, 6.45) is 0.466. The number of aryl methyl sites for hydroxylation is 2. The molecule has 0 aliphatic carbocycles. The summed E-state index contributed by atoms with van der Waals surface area (Å²) in [5.41, 5.74) is 1.17. The number of benzene rings is 1. The Morgan fingerprint density at radius 1 is 1.24 bits per heavy atom. The topological polar surface area (TPSA) is 104 Å². The number of amides is 2. The van der Waals surface area contributed by atoms with Gasteiger partial charge in [0, 0.05) is 24.7 Å². The molecule has 0 aliphatic rings. The zero-order chi connectivity index (χ0) is 18.4. The lowest BCUT2D eigenvalue weighted by molar-refractivity contribution is -0.128. The van der Waals surface area contributed by atoms with Crippen molar-refractivity contribution in [2.75, 3.05) is 7.05 Å². The quantitative estimate of drug-likeness (QED) is 0.722. The molecule has 0 fully saturated rings. The molecule has 0 saturated heterocycles. The van der Waals surface area contributed by atoms with Gasteiger partial charge in [-0.25, -0.2) is 4.98 Å². The van der Waals surface area contributed by atoms with Crippen LogP contribution in [0.15, 0.2) is 35.1 Å². The molecule has 7 heteroatoms. The lowest BCUT2D eigenvalue weighted by Gasteiger charge is -2.18. The van der Waals surface area contributed by atoms with E-state index >= 15 is 0 Å². The van der Waals surface area contributed by atoms with Gasteiger partial charge in [-0.2, -0.15) is 0 Å². The van der Waals surface area contributed by atoms with E-state index in [-0.39, 0.29) is 17.9 Å². The van der Waals surface area contributed by atoms with Crippen molar-refractivity contribution in [1.29, 1.82) is 0 Å². The summed E-state index contributed by atoms with van der Waals surface area (Å²) in [5.74, 6) is -0.166. The lowest BCUT2D eigenvalue weighted by Crippen LogP contribution is -2.40. The van der Waals surface area contributed by atoms with Crippen LogP contribution >= 0.6 is 0 Å². The Labute approximate surface area is 145 Å². The first-order valence-electron chi connectivity index (χ1n) is 8.10. The molecule has 2 rings (SSSR count). The molecule has 1 aromatic carbocycles. The molecule has 0 aliphatic heterocycles. The highest BCUT2D eigenvalue weighted by Gasteiger charge is 2.22. The third-order valence-corrected chi connectivity index (χ3v) is 3.89. The van der Waals surface area contributed by atoms with Gasteiger partial charge >= 0.3 is 0 Å². The van der Waals surface area contributed by atoms with Crippen LogP contribution in [-0.2, 0) is 22.4 Å². The predicted octanol–water partition coefficient (Wildman–Crippen LogP) is 0.787. The molecule has 1 aromatic heterocycles. The fourth-order valence-electron chi connectivity index (χ4n) is 2.51. The van der Waals surface area contributed by atoms with Crippen LogP contribution in [-0.4, -0.2) is 28.8 Å².